The zero-order chi connectivity index (χ0) is 17.3. The highest BCUT2D eigenvalue weighted by molar-refractivity contribution is 6.05. The van der Waals surface area contributed by atoms with Gasteiger partial charge in [-0.25, -0.2) is 0 Å². The van der Waals surface area contributed by atoms with Gasteiger partial charge in [-0.3, -0.25) is 4.79 Å². The van der Waals surface area contributed by atoms with Crippen LogP contribution in [-0.4, -0.2) is 13.0 Å². The number of para-hydroxylation sites is 1. The third-order valence-corrected chi connectivity index (χ3v) is 3.96. The molecule has 3 aromatic rings. The Morgan fingerprint density at radius 3 is 2.42 bits per heavy atom. The lowest BCUT2D eigenvalue weighted by Gasteiger charge is -2.19. The molecule has 2 aromatic carbocycles. The van der Waals surface area contributed by atoms with Crippen molar-refractivity contribution in [3.05, 3.63) is 59.9 Å². The maximum Gasteiger partial charge on any atom is 0.291 e. The number of hydrogen-bond acceptors (Lipinski definition) is 3. The number of nitrogens with one attached hydrogen (secondary N) is 1. The smallest absolute Gasteiger partial charge is 0.291 e. The van der Waals surface area contributed by atoms with E-state index in [1.54, 1.807) is 19.2 Å². The Kier molecular flexibility index (Phi) is 4.06. The molecule has 0 aliphatic rings. The molecule has 0 aliphatic heterocycles. The van der Waals surface area contributed by atoms with Crippen LogP contribution in [0, 0.1) is 0 Å². The highest BCUT2D eigenvalue weighted by Crippen LogP contribution is 2.29. The topological polar surface area (TPSA) is 51.5 Å². The molecule has 1 amide bonds. The number of anilines is 1. The quantitative estimate of drug-likeness (QED) is 0.738. The normalized spacial score (nSPS) is 11.5. The second-order valence-electron chi connectivity index (χ2n) is 6.77. The molecular weight excluding hydrogens is 302 g/mol. The van der Waals surface area contributed by atoms with E-state index in [1.165, 1.54) is 5.56 Å². The highest BCUT2D eigenvalue weighted by atomic mass is 16.5. The number of methoxy groups -OCH3 is 1. The largest absolute Gasteiger partial charge is 0.493 e. The van der Waals surface area contributed by atoms with E-state index in [-0.39, 0.29) is 17.1 Å². The molecule has 24 heavy (non-hydrogen) atoms. The van der Waals surface area contributed by atoms with Crippen LogP contribution in [0.3, 0.4) is 0 Å². The first-order valence-electron chi connectivity index (χ1n) is 7.87. The lowest BCUT2D eigenvalue weighted by molar-refractivity contribution is 0.0998. The van der Waals surface area contributed by atoms with E-state index in [4.69, 9.17) is 9.15 Å². The van der Waals surface area contributed by atoms with Gasteiger partial charge in [-0.15, -0.1) is 0 Å². The number of hydrogen-bond donors (Lipinski definition) is 1. The van der Waals surface area contributed by atoms with E-state index in [1.807, 2.05) is 36.4 Å². The fraction of sp³-hybridized carbons (Fsp3) is 0.250. The molecule has 1 aromatic heterocycles. The van der Waals surface area contributed by atoms with Gasteiger partial charge in [-0.1, -0.05) is 45.0 Å². The average Bonchev–Trinajstić information content (AvgIpc) is 2.98. The van der Waals surface area contributed by atoms with Crippen LogP contribution >= 0.6 is 0 Å². The molecule has 3 rings (SSSR count). The zero-order valence-electron chi connectivity index (χ0n) is 14.3. The van der Waals surface area contributed by atoms with Gasteiger partial charge in [0.25, 0.3) is 5.91 Å². The molecule has 0 atom stereocenters. The van der Waals surface area contributed by atoms with E-state index < -0.39 is 0 Å². The molecular formula is C20H21NO3. The number of amides is 1. The predicted octanol–water partition coefficient (Wildman–Crippen LogP) is 4.99. The van der Waals surface area contributed by atoms with E-state index in [0.717, 1.165) is 11.1 Å². The fourth-order valence-corrected chi connectivity index (χ4v) is 2.56. The number of carbonyl (C=O) groups is 1. The first-order chi connectivity index (χ1) is 11.4. The van der Waals surface area contributed by atoms with Gasteiger partial charge in [0.05, 0.1) is 7.11 Å². The van der Waals surface area contributed by atoms with E-state index >= 15 is 0 Å². The van der Waals surface area contributed by atoms with Crippen molar-refractivity contribution >= 4 is 22.6 Å². The van der Waals surface area contributed by atoms with Crippen molar-refractivity contribution in [2.45, 2.75) is 26.2 Å². The van der Waals surface area contributed by atoms with Crippen molar-refractivity contribution in [3.63, 3.8) is 0 Å². The van der Waals surface area contributed by atoms with Gasteiger partial charge < -0.3 is 14.5 Å². The van der Waals surface area contributed by atoms with Gasteiger partial charge in [0.15, 0.2) is 17.1 Å². The van der Waals surface area contributed by atoms with E-state index in [2.05, 4.69) is 26.1 Å². The zero-order valence-corrected chi connectivity index (χ0v) is 14.3. The van der Waals surface area contributed by atoms with E-state index in [0.29, 0.717) is 11.3 Å². The molecule has 0 radical (unpaired) electrons. The number of fused-ring (bicyclic) bond motifs is 1. The van der Waals surface area contributed by atoms with Crippen LogP contribution in [0.4, 0.5) is 5.69 Å². The second-order valence-corrected chi connectivity index (χ2v) is 6.77. The lowest BCUT2D eigenvalue weighted by Crippen LogP contribution is -2.13. The van der Waals surface area contributed by atoms with Crippen molar-refractivity contribution in [2.24, 2.45) is 0 Å². The molecule has 0 bridgehead atoms. The lowest BCUT2D eigenvalue weighted by atomic mass is 9.87. The first-order valence-corrected chi connectivity index (χ1v) is 7.87. The molecule has 0 saturated carbocycles. The number of rotatable bonds is 3. The van der Waals surface area contributed by atoms with Gasteiger partial charge in [0.1, 0.15) is 0 Å². The SMILES string of the molecule is COc1cccc2cc(C(=O)Nc3ccc(C(C)(C)C)cc3)oc12. The van der Waals surface area contributed by atoms with Gasteiger partial charge >= 0.3 is 0 Å². The minimum atomic E-state index is -0.281. The summed E-state index contributed by atoms with van der Waals surface area (Å²) in [6.45, 7) is 6.47. The molecule has 4 heteroatoms. The third-order valence-electron chi connectivity index (χ3n) is 3.96. The minimum absolute atomic E-state index is 0.0812. The van der Waals surface area contributed by atoms with Crippen molar-refractivity contribution < 1.29 is 13.9 Å². The molecule has 4 nitrogen and oxygen atoms in total. The predicted molar refractivity (Wildman–Crippen MR) is 95.9 cm³/mol. The van der Waals surface area contributed by atoms with Crippen LogP contribution in [0.25, 0.3) is 11.0 Å². The highest BCUT2D eigenvalue weighted by Gasteiger charge is 2.16. The maximum absolute atomic E-state index is 12.4. The second kappa shape index (κ2) is 6.04. The van der Waals surface area contributed by atoms with Crippen LogP contribution in [0.2, 0.25) is 0 Å². The number of furan rings is 1. The molecule has 0 spiro atoms. The standard InChI is InChI=1S/C20H21NO3/c1-20(2,3)14-8-10-15(11-9-14)21-19(22)17-12-13-6-5-7-16(23-4)18(13)24-17/h5-12H,1-4H3,(H,21,22). The average molecular weight is 323 g/mol. The van der Waals surface area contributed by atoms with Gasteiger partial charge in [0, 0.05) is 11.1 Å². The summed E-state index contributed by atoms with van der Waals surface area (Å²) in [5, 5.41) is 3.70. The Morgan fingerprint density at radius 2 is 1.79 bits per heavy atom. The maximum atomic E-state index is 12.4. The van der Waals surface area contributed by atoms with Crippen LogP contribution in [0.1, 0.15) is 36.9 Å². The summed E-state index contributed by atoms with van der Waals surface area (Å²) in [7, 11) is 1.58. The van der Waals surface area contributed by atoms with Crippen molar-refractivity contribution in [1.29, 1.82) is 0 Å². The first kappa shape index (κ1) is 16.1. The summed E-state index contributed by atoms with van der Waals surface area (Å²) < 4.78 is 10.9. The Morgan fingerprint density at radius 1 is 1.08 bits per heavy atom. The van der Waals surface area contributed by atoms with E-state index in [9.17, 15) is 4.79 Å². The summed E-state index contributed by atoms with van der Waals surface area (Å²) in [5.74, 6) is 0.590. The van der Waals surface area contributed by atoms with Gasteiger partial charge in [-0.05, 0) is 35.2 Å². The van der Waals surface area contributed by atoms with Crippen LogP contribution in [0.15, 0.2) is 52.9 Å². The Balaban J connectivity index is 1.82. The summed E-state index contributed by atoms with van der Waals surface area (Å²) in [4.78, 5) is 12.4. The van der Waals surface area contributed by atoms with Gasteiger partial charge in [0.2, 0.25) is 0 Å². The summed E-state index contributed by atoms with van der Waals surface area (Å²) >= 11 is 0. The van der Waals surface area contributed by atoms with Crippen molar-refractivity contribution in [1.82, 2.24) is 0 Å². The summed E-state index contributed by atoms with van der Waals surface area (Å²) in [6, 6.07) is 15.1. The summed E-state index contributed by atoms with van der Waals surface area (Å²) in [5.41, 5.74) is 2.61. The van der Waals surface area contributed by atoms with Crippen LogP contribution in [-0.2, 0) is 5.41 Å². The molecule has 1 heterocycles. The molecule has 124 valence electrons. The summed E-state index contributed by atoms with van der Waals surface area (Å²) in [6.07, 6.45) is 0. The monoisotopic (exact) mass is 323 g/mol. The Labute approximate surface area is 141 Å². The van der Waals surface area contributed by atoms with Crippen molar-refractivity contribution in [3.8, 4) is 5.75 Å². The number of ether oxygens (including phenoxy) is 1. The van der Waals surface area contributed by atoms with Gasteiger partial charge in [-0.2, -0.15) is 0 Å². The van der Waals surface area contributed by atoms with Crippen LogP contribution in [0.5, 0.6) is 5.75 Å². The minimum Gasteiger partial charge on any atom is -0.493 e. The Bertz CT molecular complexity index is 870. The molecule has 0 fully saturated rings. The molecule has 1 N–H and O–H groups in total. The molecule has 0 aliphatic carbocycles. The molecule has 0 unspecified atom stereocenters. The Hall–Kier alpha value is -2.75. The number of benzene rings is 2. The third kappa shape index (κ3) is 3.13. The number of carbonyl (C=O) groups excluding carboxylic acids is 1. The van der Waals surface area contributed by atoms with Crippen LogP contribution < -0.4 is 10.1 Å². The van der Waals surface area contributed by atoms with Crippen molar-refractivity contribution in [2.75, 3.05) is 12.4 Å². The fourth-order valence-electron chi connectivity index (χ4n) is 2.56. The molecule has 0 saturated heterocycles.